The largest absolute Gasteiger partial charge is 0.471 e. The van der Waals surface area contributed by atoms with E-state index in [0.717, 1.165) is 17.5 Å². The number of benzene rings is 1. The number of cyclic esters (lactones) is 1. The van der Waals surface area contributed by atoms with Crippen LogP contribution in [0.3, 0.4) is 0 Å². The molecule has 0 spiro atoms. The van der Waals surface area contributed by atoms with Crippen molar-refractivity contribution in [2.75, 3.05) is 32.8 Å². The first kappa shape index (κ1) is 15.6. The molecule has 3 heterocycles. The molecule has 0 radical (unpaired) electrons. The molecule has 2 aliphatic heterocycles. The predicted octanol–water partition coefficient (Wildman–Crippen LogP) is 1.06. The molecule has 1 atom stereocenters. The average Bonchev–Trinajstić information content (AvgIpc) is 3.24. The van der Waals surface area contributed by atoms with E-state index < -0.39 is 6.09 Å². The molecule has 4 rings (SSSR count). The first-order valence-electron chi connectivity index (χ1n) is 8.27. The molecular formula is C17H18N4O4. The Morgan fingerprint density at radius 2 is 2.12 bits per heavy atom. The summed E-state index contributed by atoms with van der Waals surface area (Å²) >= 11 is 0. The number of aromatic nitrogens is 2. The van der Waals surface area contributed by atoms with Crippen LogP contribution >= 0.6 is 0 Å². The lowest BCUT2D eigenvalue weighted by Crippen LogP contribution is -2.40. The van der Waals surface area contributed by atoms with Crippen molar-refractivity contribution in [3.8, 4) is 5.88 Å². The van der Waals surface area contributed by atoms with Crippen molar-refractivity contribution in [2.24, 2.45) is 0 Å². The molecule has 0 N–H and O–H groups in total. The number of fused-ring (bicyclic) bond motifs is 1. The molecule has 8 nitrogen and oxygen atoms in total. The van der Waals surface area contributed by atoms with Crippen LogP contribution in [0.2, 0.25) is 0 Å². The van der Waals surface area contributed by atoms with E-state index in [2.05, 4.69) is 9.97 Å². The van der Waals surface area contributed by atoms with Gasteiger partial charge in [0.15, 0.2) is 0 Å². The molecule has 2 saturated heterocycles. The summed E-state index contributed by atoms with van der Waals surface area (Å²) in [5.74, 6) is 0.371. The van der Waals surface area contributed by atoms with Crippen molar-refractivity contribution >= 4 is 23.0 Å². The lowest BCUT2D eigenvalue weighted by Gasteiger charge is -2.19. The van der Waals surface area contributed by atoms with Gasteiger partial charge in [0, 0.05) is 13.0 Å². The highest BCUT2D eigenvalue weighted by Crippen LogP contribution is 2.19. The fraction of sp³-hybridized carbons (Fsp3) is 0.412. The highest BCUT2D eigenvalue weighted by molar-refractivity contribution is 5.83. The summed E-state index contributed by atoms with van der Waals surface area (Å²) in [6.45, 7) is 1.95. The van der Waals surface area contributed by atoms with Gasteiger partial charge in [-0.2, -0.15) is 0 Å². The van der Waals surface area contributed by atoms with Crippen molar-refractivity contribution in [1.29, 1.82) is 0 Å². The Morgan fingerprint density at radius 1 is 1.28 bits per heavy atom. The quantitative estimate of drug-likeness (QED) is 0.826. The van der Waals surface area contributed by atoms with Gasteiger partial charge in [-0.1, -0.05) is 12.1 Å². The van der Waals surface area contributed by atoms with Crippen LogP contribution < -0.4 is 4.74 Å². The second-order valence-corrected chi connectivity index (χ2v) is 6.10. The number of carbonyl (C=O) groups is 2. The molecule has 0 bridgehead atoms. The molecule has 2 fully saturated rings. The van der Waals surface area contributed by atoms with E-state index in [1.165, 1.54) is 4.90 Å². The van der Waals surface area contributed by atoms with Gasteiger partial charge in [-0.05, 0) is 12.1 Å². The van der Waals surface area contributed by atoms with Gasteiger partial charge in [0.25, 0.3) is 0 Å². The van der Waals surface area contributed by atoms with E-state index in [0.29, 0.717) is 32.1 Å². The molecule has 2 aromatic rings. The van der Waals surface area contributed by atoms with Gasteiger partial charge in [-0.25, -0.2) is 14.8 Å². The number of likely N-dealkylation sites (tertiary alicyclic amines) is 1. The first-order chi connectivity index (χ1) is 12.2. The standard InChI is InChI=1S/C17H18N4O4/c22-16(11-21-7-8-24-17(21)23)20-6-5-12(10-20)25-15-9-18-13-3-1-2-4-14(13)19-15/h1-4,9,12H,5-8,10-11H2. The third-order valence-corrected chi connectivity index (χ3v) is 4.38. The number of carbonyl (C=O) groups excluding carboxylic acids is 2. The summed E-state index contributed by atoms with van der Waals surface area (Å²) in [6, 6.07) is 7.59. The van der Waals surface area contributed by atoms with Crippen LogP contribution in [0.15, 0.2) is 30.5 Å². The Kier molecular flexibility index (Phi) is 4.09. The molecule has 0 aliphatic carbocycles. The van der Waals surface area contributed by atoms with Gasteiger partial charge >= 0.3 is 6.09 Å². The second-order valence-electron chi connectivity index (χ2n) is 6.10. The maximum atomic E-state index is 12.3. The summed E-state index contributed by atoms with van der Waals surface area (Å²) in [7, 11) is 0. The second kappa shape index (κ2) is 6.54. The third kappa shape index (κ3) is 3.33. The van der Waals surface area contributed by atoms with Gasteiger partial charge < -0.3 is 14.4 Å². The van der Waals surface area contributed by atoms with Crippen LogP contribution in [0.5, 0.6) is 5.88 Å². The summed E-state index contributed by atoms with van der Waals surface area (Å²) in [5.41, 5.74) is 1.59. The molecule has 1 aromatic heterocycles. The van der Waals surface area contributed by atoms with Crippen LogP contribution in [0.1, 0.15) is 6.42 Å². The lowest BCUT2D eigenvalue weighted by atomic mass is 10.3. The monoisotopic (exact) mass is 342 g/mol. The highest BCUT2D eigenvalue weighted by atomic mass is 16.6. The summed E-state index contributed by atoms with van der Waals surface area (Å²) in [6.07, 6.45) is 1.79. The zero-order chi connectivity index (χ0) is 17.2. The lowest BCUT2D eigenvalue weighted by molar-refractivity contribution is -0.130. The fourth-order valence-corrected chi connectivity index (χ4v) is 3.05. The fourth-order valence-electron chi connectivity index (χ4n) is 3.05. The Bertz CT molecular complexity index is 812. The van der Waals surface area contributed by atoms with Crippen molar-refractivity contribution in [1.82, 2.24) is 19.8 Å². The van der Waals surface area contributed by atoms with Gasteiger partial charge in [0.05, 0.1) is 30.3 Å². The first-order valence-corrected chi connectivity index (χ1v) is 8.27. The van der Waals surface area contributed by atoms with Gasteiger partial charge in [-0.15, -0.1) is 0 Å². The maximum Gasteiger partial charge on any atom is 0.410 e. The van der Waals surface area contributed by atoms with Crippen LogP contribution in [0, 0.1) is 0 Å². The molecule has 0 saturated carbocycles. The van der Waals surface area contributed by atoms with E-state index in [9.17, 15) is 9.59 Å². The van der Waals surface area contributed by atoms with Crippen molar-refractivity contribution in [3.63, 3.8) is 0 Å². The Balaban J connectivity index is 1.35. The van der Waals surface area contributed by atoms with E-state index >= 15 is 0 Å². The number of amides is 2. The molecule has 1 aromatic carbocycles. The number of hydrogen-bond acceptors (Lipinski definition) is 6. The predicted molar refractivity (Wildman–Crippen MR) is 88.1 cm³/mol. The Hall–Kier alpha value is -2.90. The van der Waals surface area contributed by atoms with Crippen LogP contribution in [-0.2, 0) is 9.53 Å². The normalized spacial score (nSPS) is 20.2. The Morgan fingerprint density at radius 3 is 2.92 bits per heavy atom. The zero-order valence-electron chi connectivity index (χ0n) is 13.6. The van der Waals surface area contributed by atoms with E-state index in [-0.39, 0.29) is 18.6 Å². The average molecular weight is 342 g/mol. The summed E-state index contributed by atoms with van der Waals surface area (Å²) in [5, 5.41) is 0. The number of ether oxygens (including phenoxy) is 2. The zero-order valence-corrected chi connectivity index (χ0v) is 13.6. The molecule has 25 heavy (non-hydrogen) atoms. The van der Waals surface area contributed by atoms with E-state index in [1.807, 2.05) is 24.3 Å². The number of hydrogen-bond donors (Lipinski definition) is 0. The van der Waals surface area contributed by atoms with Crippen LogP contribution in [0.4, 0.5) is 4.79 Å². The Labute approximate surface area is 144 Å². The molecular weight excluding hydrogens is 324 g/mol. The third-order valence-electron chi connectivity index (χ3n) is 4.38. The number of nitrogens with zero attached hydrogens (tertiary/aromatic N) is 4. The minimum absolute atomic E-state index is 0.0569. The minimum atomic E-state index is -0.424. The molecule has 1 unspecified atom stereocenters. The van der Waals surface area contributed by atoms with Gasteiger partial charge in [0.1, 0.15) is 19.3 Å². The van der Waals surface area contributed by atoms with Crippen molar-refractivity contribution < 1.29 is 19.1 Å². The van der Waals surface area contributed by atoms with Gasteiger partial charge in [0.2, 0.25) is 11.8 Å². The minimum Gasteiger partial charge on any atom is -0.471 e. The van der Waals surface area contributed by atoms with Crippen LogP contribution in [0.25, 0.3) is 11.0 Å². The van der Waals surface area contributed by atoms with Gasteiger partial charge in [-0.3, -0.25) is 9.69 Å². The smallest absolute Gasteiger partial charge is 0.410 e. The summed E-state index contributed by atoms with van der Waals surface area (Å²) in [4.78, 5) is 35.7. The van der Waals surface area contributed by atoms with Crippen molar-refractivity contribution in [3.05, 3.63) is 30.5 Å². The number of para-hydroxylation sites is 2. The molecule has 2 aliphatic rings. The van der Waals surface area contributed by atoms with Crippen LogP contribution in [-0.4, -0.2) is 70.7 Å². The SMILES string of the molecule is O=C(CN1CCOC1=O)N1CCC(Oc2cnc3ccccc3n2)C1. The molecule has 8 heteroatoms. The van der Waals surface area contributed by atoms with E-state index in [1.54, 1.807) is 11.1 Å². The maximum absolute atomic E-state index is 12.3. The van der Waals surface area contributed by atoms with E-state index in [4.69, 9.17) is 9.47 Å². The van der Waals surface area contributed by atoms with Crippen molar-refractivity contribution in [2.45, 2.75) is 12.5 Å². The molecule has 2 amide bonds. The molecule has 130 valence electrons. The summed E-state index contributed by atoms with van der Waals surface area (Å²) < 4.78 is 10.7. The topological polar surface area (TPSA) is 84.9 Å². The number of rotatable bonds is 4. The highest BCUT2D eigenvalue weighted by Gasteiger charge is 2.31.